The van der Waals surface area contributed by atoms with Gasteiger partial charge in [-0.1, -0.05) is 27.2 Å². The molecule has 0 aromatic rings. The van der Waals surface area contributed by atoms with Gasteiger partial charge in [0.2, 0.25) is 0 Å². The highest BCUT2D eigenvalue weighted by atomic mass is 16.5. The molecular weight excluding hydrogens is 224 g/mol. The summed E-state index contributed by atoms with van der Waals surface area (Å²) in [5.41, 5.74) is 0.145. The van der Waals surface area contributed by atoms with Gasteiger partial charge in [-0.05, 0) is 42.9 Å². The zero-order valence-corrected chi connectivity index (χ0v) is 12.2. The zero-order valence-electron chi connectivity index (χ0n) is 12.2. The molecule has 3 aliphatic rings. The van der Waals surface area contributed by atoms with Crippen molar-refractivity contribution in [1.82, 2.24) is 0 Å². The number of hydrogen-bond acceptors (Lipinski definition) is 2. The summed E-state index contributed by atoms with van der Waals surface area (Å²) in [4.78, 5) is 12.6. The molecule has 1 saturated heterocycles. The fourth-order valence-corrected chi connectivity index (χ4v) is 5.48. The molecule has 3 fully saturated rings. The molecule has 0 aromatic carbocycles. The molecule has 0 aromatic heterocycles. The van der Waals surface area contributed by atoms with E-state index < -0.39 is 5.60 Å². The van der Waals surface area contributed by atoms with Gasteiger partial charge in [-0.15, -0.1) is 0 Å². The Hall–Kier alpha value is -0.370. The summed E-state index contributed by atoms with van der Waals surface area (Å²) in [6, 6.07) is 0. The van der Waals surface area contributed by atoms with Crippen LogP contribution in [0, 0.1) is 22.7 Å². The number of ketones is 1. The third-order valence-electron chi connectivity index (χ3n) is 6.49. The van der Waals surface area contributed by atoms with Crippen LogP contribution in [0.1, 0.15) is 59.8 Å². The van der Waals surface area contributed by atoms with Gasteiger partial charge in [0.15, 0.2) is 5.78 Å². The fourth-order valence-electron chi connectivity index (χ4n) is 5.48. The maximum absolute atomic E-state index is 12.6. The third-order valence-corrected chi connectivity index (χ3v) is 6.49. The zero-order chi connectivity index (χ0) is 13.2. The Kier molecular flexibility index (Phi) is 2.53. The minimum atomic E-state index is -0.474. The van der Waals surface area contributed by atoms with E-state index in [-0.39, 0.29) is 0 Å². The molecule has 0 bridgehead atoms. The molecule has 0 unspecified atom stereocenters. The fraction of sp³-hybridized carbons (Fsp3) is 0.938. The average molecular weight is 250 g/mol. The molecular formula is C16H26O2. The van der Waals surface area contributed by atoms with Crippen LogP contribution >= 0.6 is 0 Å². The molecule has 102 valence electrons. The first-order chi connectivity index (χ1) is 8.31. The van der Waals surface area contributed by atoms with Gasteiger partial charge in [0, 0.05) is 18.9 Å². The lowest BCUT2D eigenvalue weighted by molar-refractivity contribution is -0.172. The van der Waals surface area contributed by atoms with Crippen molar-refractivity contribution in [3.8, 4) is 0 Å². The first-order valence-corrected chi connectivity index (χ1v) is 7.48. The highest BCUT2D eigenvalue weighted by Gasteiger charge is 2.63. The van der Waals surface area contributed by atoms with Crippen molar-refractivity contribution in [1.29, 1.82) is 0 Å². The molecule has 18 heavy (non-hydrogen) atoms. The van der Waals surface area contributed by atoms with Gasteiger partial charge in [-0.2, -0.15) is 0 Å². The van der Waals surface area contributed by atoms with Crippen molar-refractivity contribution in [2.75, 3.05) is 6.61 Å². The van der Waals surface area contributed by atoms with Crippen LogP contribution in [0.3, 0.4) is 0 Å². The normalized spacial score (nSPS) is 50.8. The van der Waals surface area contributed by atoms with Gasteiger partial charge in [-0.3, -0.25) is 4.79 Å². The summed E-state index contributed by atoms with van der Waals surface area (Å²) in [5, 5.41) is 0. The number of carbonyl (C=O) groups excluding carboxylic acids is 1. The van der Waals surface area contributed by atoms with E-state index in [0.29, 0.717) is 28.4 Å². The van der Waals surface area contributed by atoms with Crippen molar-refractivity contribution in [3.05, 3.63) is 0 Å². The van der Waals surface area contributed by atoms with Gasteiger partial charge >= 0.3 is 0 Å². The third kappa shape index (κ3) is 1.41. The topological polar surface area (TPSA) is 26.3 Å². The monoisotopic (exact) mass is 250 g/mol. The average Bonchev–Trinajstić information content (AvgIpc) is 2.67. The molecule has 0 radical (unpaired) electrons. The second-order valence-electron chi connectivity index (χ2n) is 7.82. The number of carbonyl (C=O) groups is 1. The largest absolute Gasteiger partial charge is 0.367 e. The highest BCUT2D eigenvalue weighted by molar-refractivity contribution is 5.89. The summed E-state index contributed by atoms with van der Waals surface area (Å²) in [7, 11) is 0. The number of rotatable bonds is 0. The minimum Gasteiger partial charge on any atom is -0.367 e. The van der Waals surface area contributed by atoms with E-state index in [0.717, 1.165) is 19.4 Å². The molecule has 2 heteroatoms. The summed E-state index contributed by atoms with van der Waals surface area (Å²) in [6.07, 6.45) is 5.66. The molecule has 2 aliphatic carbocycles. The molecule has 0 spiro atoms. The van der Waals surface area contributed by atoms with Crippen molar-refractivity contribution >= 4 is 5.78 Å². The summed E-state index contributed by atoms with van der Waals surface area (Å²) < 4.78 is 5.89. The molecule has 4 atom stereocenters. The Morgan fingerprint density at radius 3 is 2.56 bits per heavy atom. The van der Waals surface area contributed by atoms with Gasteiger partial charge in [0.25, 0.3) is 0 Å². The smallest absolute Gasteiger partial charge is 0.164 e. The van der Waals surface area contributed by atoms with Crippen LogP contribution in [0.4, 0.5) is 0 Å². The van der Waals surface area contributed by atoms with E-state index in [1.807, 2.05) is 0 Å². The lowest BCUT2D eigenvalue weighted by atomic mass is 9.45. The predicted octanol–water partition coefficient (Wildman–Crippen LogP) is 3.59. The molecule has 0 amide bonds. The lowest BCUT2D eigenvalue weighted by Gasteiger charge is -2.59. The van der Waals surface area contributed by atoms with Crippen LogP contribution in [0.5, 0.6) is 0 Å². The Bertz CT molecular complexity index is 383. The van der Waals surface area contributed by atoms with Crippen LogP contribution in [0.15, 0.2) is 0 Å². The molecule has 2 saturated carbocycles. The van der Waals surface area contributed by atoms with Crippen LogP contribution in [0.25, 0.3) is 0 Å². The Morgan fingerprint density at radius 1 is 1.11 bits per heavy atom. The number of Topliss-reactive ketones (excluding diaryl/α,β-unsaturated/α-hetero) is 1. The van der Waals surface area contributed by atoms with Crippen molar-refractivity contribution < 1.29 is 9.53 Å². The van der Waals surface area contributed by atoms with Crippen molar-refractivity contribution in [2.45, 2.75) is 65.4 Å². The quantitative estimate of drug-likeness (QED) is 0.657. The van der Waals surface area contributed by atoms with Crippen molar-refractivity contribution in [3.63, 3.8) is 0 Å². The van der Waals surface area contributed by atoms with Crippen molar-refractivity contribution in [2.24, 2.45) is 22.7 Å². The Labute approximate surface area is 110 Å². The first-order valence-electron chi connectivity index (χ1n) is 7.48. The van der Waals surface area contributed by atoms with E-state index in [4.69, 9.17) is 4.74 Å². The second kappa shape index (κ2) is 3.59. The standard InChI is InChI=1S/C16H26O2/c1-14(2)7-5-8-15(3)11-6-9-18-16(11,4)13(17)10-12(14)15/h11-12H,5-10H2,1-4H3/t11-,12+,15-,16+/m1/s1. The van der Waals surface area contributed by atoms with Gasteiger partial charge < -0.3 is 4.74 Å². The lowest BCUT2D eigenvalue weighted by Crippen LogP contribution is -2.60. The maximum Gasteiger partial charge on any atom is 0.164 e. The van der Waals surface area contributed by atoms with Crippen LogP contribution in [-0.2, 0) is 9.53 Å². The molecule has 1 heterocycles. The first kappa shape index (κ1) is 12.7. The molecule has 3 rings (SSSR count). The molecule has 0 N–H and O–H groups in total. The Morgan fingerprint density at radius 2 is 1.83 bits per heavy atom. The van der Waals surface area contributed by atoms with Crippen LogP contribution < -0.4 is 0 Å². The molecule has 1 aliphatic heterocycles. The molecule has 2 nitrogen and oxygen atoms in total. The van der Waals surface area contributed by atoms with E-state index in [1.54, 1.807) is 0 Å². The van der Waals surface area contributed by atoms with Gasteiger partial charge in [-0.25, -0.2) is 0 Å². The summed E-state index contributed by atoms with van der Waals surface area (Å²) in [6.45, 7) is 9.98. The van der Waals surface area contributed by atoms with E-state index >= 15 is 0 Å². The highest BCUT2D eigenvalue weighted by Crippen LogP contribution is 2.63. The number of fused-ring (bicyclic) bond motifs is 3. The predicted molar refractivity (Wildman–Crippen MR) is 71.3 cm³/mol. The second-order valence-corrected chi connectivity index (χ2v) is 7.82. The Balaban J connectivity index is 2.05. The minimum absolute atomic E-state index is 0.306. The van der Waals surface area contributed by atoms with Crippen LogP contribution in [0.2, 0.25) is 0 Å². The number of hydrogen-bond donors (Lipinski definition) is 0. The number of ether oxygens (including phenoxy) is 1. The summed E-state index contributed by atoms with van der Waals surface area (Å²) in [5.74, 6) is 1.35. The van der Waals surface area contributed by atoms with E-state index in [2.05, 4.69) is 27.7 Å². The van der Waals surface area contributed by atoms with E-state index in [1.165, 1.54) is 19.3 Å². The van der Waals surface area contributed by atoms with Crippen LogP contribution in [-0.4, -0.2) is 18.0 Å². The van der Waals surface area contributed by atoms with Gasteiger partial charge in [0.1, 0.15) is 5.60 Å². The summed E-state index contributed by atoms with van der Waals surface area (Å²) >= 11 is 0. The SMILES string of the molecule is CC1(C)CCC[C@]2(C)[C@H]3CCO[C@]3(C)C(=O)C[C@@H]12. The van der Waals surface area contributed by atoms with Gasteiger partial charge in [0.05, 0.1) is 0 Å². The van der Waals surface area contributed by atoms with E-state index in [9.17, 15) is 4.79 Å². The maximum atomic E-state index is 12.6.